The Kier molecular flexibility index (Phi) is 8.53. The molecule has 0 saturated carbocycles. The number of benzene rings is 1. The van der Waals surface area contributed by atoms with Crippen LogP contribution in [-0.4, -0.2) is 55.0 Å². The number of thioether (sulfide) groups is 1. The molecule has 1 saturated heterocycles. The molecule has 8 heteroatoms. The van der Waals surface area contributed by atoms with E-state index >= 15 is 0 Å². The average molecular weight is 383 g/mol. The topological polar surface area (TPSA) is 80.0 Å². The van der Waals surface area contributed by atoms with Crippen molar-refractivity contribution in [2.75, 3.05) is 32.0 Å². The van der Waals surface area contributed by atoms with Gasteiger partial charge in [-0.15, -0.1) is 11.8 Å². The number of hydrogen-bond donors (Lipinski definition) is 2. The number of ether oxygens (including phenoxy) is 1. The fraction of sp³-hybridized carbons (Fsp3) is 0.556. The molecule has 1 amide bonds. The van der Waals surface area contributed by atoms with Gasteiger partial charge in [-0.2, -0.15) is 0 Å². The molecule has 0 aromatic heterocycles. The van der Waals surface area contributed by atoms with Crippen LogP contribution >= 0.6 is 11.8 Å². The second kappa shape index (κ2) is 10.9. The van der Waals surface area contributed by atoms with Crippen molar-refractivity contribution in [3.8, 4) is 0 Å². The van der Waals surface area contributed by atoms with Gasteiger partial charge in [-0.05, 0) is 56.2 Å². The van der Waals surface area contributed by atoms with Gasteiger partial charge in [0.05, 0.1) is 6.61 Å². The van der Waals surface area contributed by atoms with Gasteiger partial charge < -0.3 is 20.7 Å². The molecule has 6 nitrogen and oxygen atoms in total. The van der Waals surface area contributed by atoms with Gasteiger partial charge in [0.1, 0.15) is 5.82 Å². The first-order valence-corrected chi connectivity index (χ1v) is 9.93. The van der Waals surface area contributed by atoms with Crippen molar-refractivity contribution >= 4 is 23.8 Å². The van der Waals surface area contributed by atoms with Gasteiger partial charge in [0.25, 0.3) is 0 Å². The van der Waals surface area contributed by atoms with E-state index in [1.54, 1.807) is 28.8 Å². The Morgan fingerprint density at radius 3 is 2.73 bits per heavy atom. The molecule has 2 rings (SSSR count). The second-order valence-electron chi connectivity index (χ2n) is 6.03. The van der Waals surface area contributed by atoms with Gasteiger partial charge >= 0.3 is 6.09 Å². The fourth-order valence-electron chi connectivity index (χ4n) is 2.66. The smallest absolute Gasteiger partial charge is 0.409 e. The molecule has 0 aliphatic carbocycles. The molecule has 1 aliphatic rings. The molecule has 0 atom stereocenters. The summed E-state index contributed by atoms with van der Waals surface area (Å²) in [5, 5.41) is 3.23. The number of carbonyl (C=O) groups excluding carboxylic acids is 1. The molecule has 0 unspecified atom stereocenters. The van der Waals surface area contributed by atoms with Crippen LogP contribution in [0.15, 0.2) is 34.2 Å². The maximum absolute atomic E-state index is 12.8. The fourth-order valence-corrected chi connectivity index (χ4v) is 3.50. The predicted molar refractivity (Wildman–Crippen MR) is 103 cm³/mol. The Morgan fingerprint density at radius 1 is 1.38 bits per heavy atom. The third-order valence-corrected chi connectivity index (χ3v) is 5.14. The van der Waals surface area contributed by atoms with Gasteiger partial charge in [0, 0.05) is 30.6 Å². The number of nitrogens with one attached hydrogen (secondary N) is 1. The van der Waals surface area contributed by atoms with Crippen molar-refractivity contribution in [3.63, 3.8) is 0 Å². The number of rotatable bonds is 7. The monoisotopic (exact) mass is 382 g/mol. The SMILES string of the molecule is CCOC(=O)N1CCC(NC(N)=NCCCSc2ccc(F)cc2)CC1. The Balaban J connectivity index is 1.60. The van der Waals surface area contributed by atoms with Crippen LogP contribution in [0.3, 0.4) is 0 Å². The molecule has 1 aromatic carbocycles. The highest BCUT2D eigenvalue weighted by atomic mass is 32.2. The third kappa shape index (κ3) is 7.11. The number of nitrogens with two attached hydrogens (primary N) is 1. The lowest BCUT2D eigenvalue weighted by Crippen LogP contribution is -2.48. The van der Waals surface area contributed by atoms with Crippen LogP contribution in [0.2, 0.25) is 0 Å². The van der Waals surface area contributed by atoms with Gasteiger partial charge in [0.15, 0.2) is 5.96 Å². The Bertz CT molecular complexity index is 589. The molecule has 3 N–H and O–H groups in total. The standard InChI is InChI=1S/C18H27FN4O2S/c1-2-25-18(24)23-11-8-15(9-12-23)22-17(20)21-10-3-13-26-16-6-4-14(19)5-7-16/h4-7,15H,2-3,8-13H2,1H3,(H3,20,21,22). The zero-order valence-corrected chi connectivity index (χ0v) is 15.9. The predicted octanol–water partition coefficient (Wildman–Crippen LogP) is 2.83. The van der Waals surface area contributed by atoms with Crippen molar-refractivity contribution in [1.82, 2.24) is 10.2 Å². The van der Waals surface area contributed by atoms with Crippen LogP contribution in [0, 0.1) is 5.82 Å². The molecule has 1 fully saturated rings. The molecular formula is C18H27FN4O2S. The van der Waals surface area contributed by atoms with Crippen molar-refractivity contribution in [1.29, 1.82) is 0 Å². The molecule has 0 bridgehead atoms. The van der Waals surface area contributed by atoms with E-state index in [9.17, 15) is 9.18 Å². The number of piperidine rings is 1. The Hall–Kier alpha value is -1.96. The summed E-state index contributed by atoms with van der Waals surface area (Å²) in [4.78, 5) is 18.8. The minimum absolute atomic E-state index is 0.217. The lowest BCUT2D eigenvalue weighted by Gasteiger charge is -2.31. The van der Waals surface area contributed by atoms with E-state index in [4.69, 9.17) is 10.5 Å². The van der Waals surface area contributed by atoms with Crippen LogP contribution in [0.25, 0.3) is 0 Å². The highest BCUT2D eigenvalue weighted by Crippen LogP contribution is 2.18. The quantitative estimate of drug-likeness (QED) is 0.328. The number of amides is 1. The van der Waals surface area contributed by atoms with Crippen LogP contribution < -0.4 is 11.1 Å². The minimum Gasteiger partial charge on any atom is -0.450 e. The van der Waals surface area contributed by atoms with Crippen LogP contribution in [0.5, 0.6) is 0 Å². The van der Waals surface area contributed by atoms with Crippen LogP contribution in [0.1, 0.15) is 26.2 Å². The normalized spacial score (nSPS) is 15.8. The summed E-state index contributed by atoms with van der Waals surface area (Å²) >= 11 is 1.68. The largest absolute Gasteiger partial charge is 0.450 e. The van der Waals surface area contributed by atoms with Crippen molar-refractivity contribution < 1.29 is 13.9 Å². The number of nitrogens with zero attached hydrogens (tertiary/aromatic N) is 2. The first kappa shape index (κ1) is 20.4. The third-order valence-electron chi connectivity index (χ3n) is 4.04. The maximum Gasteiger partial charge on any atom is 0.409 e. The number of carbonyl (C=O) groups is 1. The number of guanidine groups is 1. The van der Waals surface area contributed by atoms with E-state index in [1.807, 2.05) is 6.92 Å². The molecule has 26 heavy (non-hydrogen) atoms. The Labute approximate surface area is 158 Å². The number of likely N-dealkylation sites (tertiary alicyclic amines) is 1. The summed E-state index contributed by atoms with van der Waals surface area (Å²) in [6, 6.07) is 6.73. The van der Waals surface area contributed by atoms with Crippen molar-refractivity contribution in [3.05, 3.63) is 30.1 Å². The zero-order valence-electron chi connectivity index (χ0n) is 15.1. The van der Waals surface area contributed by atoms with Crippen molar-refractivity contribution in [2.24, 2.45) is 10.7 Å². The number of halogens is 1. The zero-order chi connectivity index (χ0) is 18.8. The lowest BCUT2D eigenvalue weighted by atomic mass is 10.1. The molecule has 0 radical (unpaired) electrons. The van der Waals surface area contributed by atoms with E-state index in [1.165, 1.54) is 12.1 Å². The number of aliphatic imine (C=N–C) groups is 1. The minimum atomic E-state index is -0.244. The summed E-state index contributed by atoms with van der Waals surface area (Å²) < 4.78 is 17.8. The maximum atomic E-state index is 12.8. The van der Waals surface area contributed by atoms with Gasteiger partial charge in [-0.1, -0.05) is 0 Å². The first-order valence-electron chi connectivity index (χ1n) is 8.95. The van der Waals surface area contributed by atoms with Gasteiger partial charge in [-0.25, -0.2) is 9.18 Å². The van der Waals surface area contributed by atoms with Gasteiger partial charge in [0.2, 0.25) is 0 Å². The summed E-state index contributed by atoms with van der Waals surface area (Å²) in [6.45, 7) is 4.18. The highest BCUT2D eigenvalue weighted by molar-refractivity contribution is 7.99. The molecule has 1 aromatic rings. The summed E-state index contributed by atoms with van der Waals surface area (Å²) in [7, 11) is 0. The summed E-state index contributed by atoms with van der Waals surface area (Å²) in [6.07, 6.45) is 2.31. The van der Waals surface area contributed by atoms with E-state index in [-0.39, 0.29) is 18.0 Å². The summed E-state index contributed by atoms with van der Waals surface area (Å²) in [5.74, 6) is 1.14. The Morgan fingerprint density at radius 2 is 2.08 bits per heavy atom. The highest BCUT2D eigenvalue weighted by Gasteiger charge is 2.23. The molecular weight excluding hydrogens is 355 g/mol. The van der Waals surface area contributed by atoms with E-state index in [0.717, 1.165) is 29.9 Å². The van der Waals surface area contributed by atoms with E-state index in [0.29, 0.717) is 32.2 Å². The van der Waals surface area contributed by atoms with Crippen LogP contribution in [0.4, 0.5) is 9.18 Å². The molecule has 1 aliphatic heterocycles. The molecule has 0 spiro atoms. The van der Waals surface area contributed by atoms with Crippen molar-refractivity contribution in [2.45, 2.75) is 37.1 Å². The lowest BCUT2D eigenvalue weighted by molar-refractivity contribution is 0.0963. The van der Waals surface area contributed by atoms with Gasteiger partial charge in [-0.3, -0.25) is 4.99 Å². The van der Waals surface area contributed by atoms with E-state index in [2.05, 4.69) is 10.3 Å². The first-order chi connectivity index (χ1) is 12.6. The second-order valence-corrected chi connectivity index (χ2v) is 7.20. The average Bonchev–Trinajstić information content (AvgIpc) is 2.64. The van der Waals surface area contributed by atoms with Crippen LogP contribution in [-0.2, 0) is 4.74 Å². The summed E-state index contributed by atoms with van der Waals surface area (Å²) in [5.41, 5.74) is 5.94. The van der Waals surface area contributed by atoms with E-state index < -0.39 is 0 Å². The molecule has 144 valence electrons. The number of hydrogen-bond acceptors (Lipinski definition) is 4. The molecule has 1 heterocycles.